The summed E-state index contributed by atoms with van der Waals surface area (Å²) in [5, 5.41) is 11.2. The average molecular weight is 423 g/mol. The van der Waals surface area contributed by atoms with Gasteiger partial charge in [-0.15, -0.1) is 0 Å². The summed E-state index contributed by atoms with van der Waals surface area (Å²) >= 11 is 0. The number of carbonyl (C=O) groups excluding carboxylic acids is 2. The van der Waals surface area contributed by atoms with Crippen LogP contribution < -0.4 is 4.90 Å². The first-order chi connectivity index (χ1) is 15.0. The molecule has 31 heavy (non-hydrogen) atoms. The molecule has 162 valence electrons. The summed E-state index contributed by atoms with van der Waals surface area (Å²) in [4.78, 5) is 33.2. The first kappa shape index (κ1) is 21.2. The Hall–Kier alpha value is -3.03. The normalized spacial score (nSPS) is 21.6. The number of pyridine rings is 1. The molecule has 0 unspecified atom stereocenters. The van der Waals surface area contributed by atoms with Crippen molar-refractivity contribution in [3.05, 3.63) is 70.6 Å². The van der Waals surface area contributed by atoms with Crippen molar-refractivity contribution in [1.82, 2.24) is 9.88 Å². The predicted octanol–water partition coefficient (Wildman–Crippen LogP) is 1.04. The zero-order valence-electron chi connectivity index (χ0n) is 17.9. The highest BCUT2D eigenvalue weighted by molar-refractivity contribution is 6.46. The molecule has 2 N–H and O–H groups in total. The van der Waals surface area contributed by atoms with E-state index in [1.807, 2.05) is 32.0 Å². The highest BCUT2D eigenvalue weighted by Crippen LogP contribution is 2.39. The van der Waals surface area contributed by atoms with E-state index in [2.05, 4.69) is 4.98 Å². The third-order valence-electron chi connectivity index (χ3n) is 6.12. The molecule has 2 saturated heterocycles. The summed E-state index contributed by atoms with van der Waals surface area (Å²) in [6, 6.07) is 8.66. The number of carbonyl (C=O) groups is 2. The monoisotopic (exact) mass is 422 g/mol. The lowest BCUT2D eigenvalue weighted by molar-refractivity contribution is -0.907. The topological polar surface area (TPSA) is 84.2 Å². The molecule has 0 saturated carbocycles. The van der Waals surface area contributed by atoms with Crippen molar-refractivity contribution in [3.8, 4) is 0 Å². The summed E-state index contributed by atoms with van der Waals surface area (Å²) < 4.78 is 5.42. The minimum atomic E-state index is -0.641. The van der Waals surface area contributed by atoms with Crippen molar-refractivity contribution in [3.63, 3.8) is 0 Å². The lowest BCUT2D eigenvalue weighted by Gasteiger charge is -2.29. The third kappa shape index (κ3) is 4.24. The van der Waals surface area contributed by atoms with E-state index >= 15 is 0 Å². The first-order valence-corrected chi connectivity index (χ1v) is 10.6. The number of aliphatic hydroxyl groups excluding tert-OH is 1. The summed E-state index contributed by atoms with van der Waals surface area (Å²) in [6.07, 6.45) is 3.28. The molecule has 7 heteroatoms. The van der Waals surface area contributed by atoms with Gasteiger partial charge in [0.15, 0.2) is 0 Å². The maximum atomic E-state index is 13.1. The fraction of sp³-hybridized carbons (Fsp3) is 0.375. The van der Waals surface area contributed by atoms with Gasteiger partial charge in [0.25, 0.3) is 11.7 Å². The Morgan fingerprint density at radius 2 is 1.87 bits per heavy atom. The Bertz CT molecular complexity index is 1010. The first-order valence-electron chi connectivity index (χ1n) is 10.6. The molecule has 4 rings (SSSR count). The van der Waals surface area contributed by atoms with Crippen LogP contribution >= 0.6 is 0 Å². The third-order valence-corrected chi connectivity index (χ3v) is 6.12. The van der Waals surface area contributed by atoms with E-state index in [4.69, 9.17) is 4.74 Å². The Labute approximate surface area is 182 Å². The van der Waals surface area contributed by atoms with Crippen molar-refractivity contribution in [2.75, 3.05) is 39.4 Å². The number of benzene rings is 1. The van der Waals surface area contributed by atoms with E-state index < -0.39 is 17.7 Å². The second-order valence-corrected chi connectivity index (χ2v) is 8.20. The fourth-order valence-corrected chi connectivity index (χ4v) is 4.33. The van der Waals surface area contributed by atoms with E-state index in [1.165, 1.54) is 4.90 Å². The Morgan fingerprint density at radius 1 is 1.16 bits per heavy atom. The zero-order valence-corrected chi connectivity index (χ0v) is 17.9. The standard InChI is InChI=1S/C24H27N3O4/c1-16-3-4-17(2)19(15-16)22(28)20-21(18-5-7-25-8-6-18)27(24(30)23(20)29)10-9-26-11-13-31-14-12-26/h3-8,15,21,28H,9-14H2,1-2H3/p+1/t21-/m0/s1. The van der Waals surface area contributed by atoms with Gasteiger partial charge in [0.2, 0.25) is 0 Å². The number of nitrogens with zero attached hydrogens (tertiary/aromatic N) is 2. The molecule has 3 heterocycles. The van der Waals surface area contributed by atoms with Gasteiger partial charge < -0.3 is 19.6 Å². The number of ether oxygens (including phenoxy) is 1. The lowest BCUT2D eigenvalue weighted by atomic mass is 9.94. The van der Waals surface area contributed by atoms with Crippen LogP contribution in [0.3, 0.4) is 0 Å². The number of likely N-dealkylation sites (tertiary alicyclic amines) is 1. The Balaban J connectivity index is 1.75. The SMILES string of the molecule is Cc1ccc(C)c(C(O)=C2C(=O)C(=O)N(CC[NH+]3CCOCC3)[C@H]2c2ccncc2)c1. The van der Waals surface area contributed by atoms with Gasteiger partial charge in [0.05, 0.1) is 37.9 Å². The molecule has 0 spiro atoms. The molecule has 2 aromatic rings. The van der Waals surface area contributed by atoms with E-state index in [1.54, 1.807) is 29.4 Å². The van der Waals surface area contributed by atoms with Crippen molar-refractivity contribution < 1.29 is 24.3 Å². The number of ketones is 1. The smallest absolute Gasteiger partial charge is 0.295 e. The second-order valence-electron chi connectivity index (χ2n) is 8.20. The quantitative estimate of drug-likeness (QED) is 0.427. The number of quaternary nitrogens is 1. The van der Waals surface area contributed by atoms with Crippen LogP contribution in [0.4, 0.5) is 0 Å². The molecule has 1 aromatic heterocycles. The second kappa shape index (κ2) is 8.99. The Kier molecular flexibility index (Phi) is 6.15. The minimum absolute atomic E-state index is 0.123. The molecule has 7 nitrogen and oxygen atoms in total. The summed E-state index contributed by atoms with van der Waals surface area (Å²) in [7, 11) is 0. The van der Waals surface area contributed by atoms with Crippen LogP contribution in [-0.2, 0) is 14.3 Å². The number of Topliss-reactive ketones (excluding diaryl/α,β-unsaturated/α-hetero) is 1. The molecule has 2 fully saturated rings. The summed E-state index contributed by atoms with van der Waals surface area (Å²) in [5.41, 5.74) is 3.30. The van der Waals surface area contributed by atoms with Crippen LogP contribution in [0.5, 0.6) is 0 Å². The molecular weight excluding hydrogens is 394 g/mol. The number of aryl methyl sites for hydroxylation is 2. The maximum Gasteiger partial charge on any atom is 0.295 e. The van der Waals surface area contributed by atoms with E-state index in [0.29, 0.717) is 25.3 Å². The molecule has 1 aromatic carbocycles. The molecular formula is C24H28N3O4+. The molecule has 0 radical (unpaired) electrons. The highest BCUT2D eigenvalue weighted by atomic mass is 16.5. The van der Waals surface area contributed by atoms with Crippen LogP contribution in [0.15, 0.2) is 48.3 Å². The van der Waals surface area contributed by atoms with Crippen molar-refractivity contribution >= 4 is 17.4 Å². The number of amides is 1. The van der Waals surface area contributed by atoms with Gasteiger partial charge in [-0.2, -0.15) is 0 Å². The largest absolute Gasteiger partial charge is 0.507 e. The number of hydrogen-bond acceptors (Lipinski definition) is 5. The van der Waals surface area contributed by atoms with Crippen molar-refractivity contribution in [2.24, 2.45) is 0 Å². The van der Waals surface area contributed by atoms with Crippen LogP contribution in [-0.4, -0.2) is 66.1 Å². The fourth-order valence-electron chi connectivity index (χ4n) is 4.33. The number of aromatic nitrogens is 1. The summed E-state index contributed by atoms with van der Waals surface area (Å²) in [6.45, 7) is 8.13. The van der Waals surface area contributed by atoms with Crippen LogP contribution in [0, 0.1) is 13.8 Å². The van der Waals surface area contributed by atoms with Crippen LogP contribution in [0.25, 0.3) is 5.76 Å². The molecule has 0 bridgehead atoms. The molecule has 1 amide bonds. The van der Waals surface area contributed by atoms with Gasteiger partial charge in [-0.3, -0.25) is 14.6 Å². The number of aliphatic hydroxyl groups is 1. The van der Waals surface area contributed by atoms with E-state index in [0.717, 1.165) is 36.3 Å². The zero-order chi connectivity index (χ0) is 22.0. The highest BCUT2D eigenvalue weighted by Gasteiger charge is 2.46. The van der Waals surface area contributed by atoms with Gasteiger partial charge in [-0.05, 0) is 43.2 Å². The number of nitrogens with one attached hydrogen (secondary N) is 1. The molecule has 0 aliphatic carbocycles. The molecule has 1 atom stereocenters. The van der Waals surface area contributed by atoms with Gasteiger partial charge >= 0.3 is 0 Å². The van der Waals surface area contributed by atoms with E-state index in [-0.39, 0.29) is 11.3 Å². The average Bonchev–Trinajstić information content (AvgIpc) is 3.05. The van der Waals surface area contributed by atoms with Gasteiger partial charge in [0, 0.05) is 18.0 Å². The van der Waals surface area contributed by atoms with Crippen LogP contribution in [0.2, 0.25) is 0 Å². The number of morpholine rings is 1. The van der Waals surface area contributed by atoms with E-state index in [9.17, 15) is 14.7 Å². The number of hydrogen-bond donors (Lipinski definition) is 2. The molecule has 2 aliphatic heterocycles. The molecule has 2 aliphatic rings. The van der Waals surface area contributed by atoms with Crippen LogP contribution in [0.1, 0.15) is 28.3 Å². The lowest BCUT2D eigenvalue weighted by Crippen LogP contribution is -3.14. The van der Waals surface area contributed by atoms with Crippen molar-refractivity contribution in [2.45, 2.75) is 19.9 Å². The predicted molar refractivity (Wildman–Crippen MR) is 116 cm³/mol. The van der Waals surface area contributed by atoms with Gasteiger partial charge in [-0.25, -0.2) is 0 Å². The minimum Gasteiger partial charge on any atom is -0.507 e. The maximum absolute atomic E-state index is 13.1. The van der Waals surface area contributed by atoms with Crippen molar-refractivity contribution in [1.29, 1.82) is 0 Å². The summed E-state index contributed by atoms with van der Waals surface area (Å²) in [5.74, 6) is -1.33. The number of rotatable bonds is 5. The van der Waals surface area contributed by atoms with Gasteiger partial charge in [-0.1, -0.05) is 17.7 Å². The van der Waals surface area contributed by atoms with Gasteiger partial charge in [0.1, 0.15) is 18.8 Å². The Morgan fingerprint density at radius 3 is 2.58 bits per heavy atom.